The van der Waals surface area contributed by atoms with Gasteiger partial charge in [-0.3, -0.25) is 0 Å². The normalized spacial score (nSPS) is 17.0. The summed E-state index contributed by atoms with van der Waals surface area (Å²) in [6, 6.07) is 43.1. The molecule has 0 saturated carbocycles. The predicted molar refractivity (Wildman–Crippen MR) is 235 cm³/mol. The van der Waals surface area contributed by atoms with Gasteiger partial charge in [-0.1, -0.05) is 120 Å². The molecule has 0 N–H and O–H groups in total. The number of fused-ring (bicyclic) bond motifs is 15. The van der Waals surface area contributed by atoms with Crippen LogP contribution in [0.3, 0.4) is 0 Å². The van der Waals surface area contributed by atoms with Crippen LogP contribution in [0.4, 0.5) is 0 Å². The fraction of sp³-hybridized carbons (Fsp3) is 0.255. The van der Waals surface area contributed by atoms with Crippen molar-refractivity contribution in [2.24, 2.45) is 0 Å². The summed E-state index contributed by atoms with van der Waals surface area (Å²) in [5.41, 5.74) is 15.7. The van der Waals surface area contributed by atoms with Crippen LogP contribution in [0.15, 0.2) is 132 Å². The molecule has 10 rings (SSSR count). The highest BCUT2D eigenvalue weighted by molar-refractivity contribution is 6.88. The van der Waals surface area contributed by atoms with Crippen LogP contribution >= 0.6 is 0 Å². The number of imidazole rings is 1. The average molecular weight is 750 g/mol. The largest absolute Gasteiger partial charge is 0.455 e. The van der Waals surface area contributed by atoms with E-state index in [1.54, 1.807) is 0 Å². The Morgan fingerprint density at radius 3 is 2.34 bits per heavy atom. The van der Waals surface area contributed by atoms with Gasteiger partial charge in [0, 0.05) is 33.5 Å². The van der Waals surface area contributed by atoms with Crippen molar-refractivity contribution in [3.63, 3.8) is 0 Å². The molecule has 0 aliphatic carbocycles. The number of nitrogens with zero attached hydrogens (tertiary/aromatic N) is 3. The van der Waals surface area contributed by atoms with Crippen molar-refractivity contribution in [1.29, 1.82) is 0 Å². The van der Waals surface area contributed by atoms with E-state index in [-0.39, 0.29) is 11.5 Å². The summed E-state index contributed by atoms with van der Waals surface area (Å²) in [4.78, 5) is 0. The summed E-state index contributed by atoms with van der Waals surface area (Å²) < 4.78 is 14.6. The van der Waals surface area contributed by atoms with Gasteiger partial charge in [0.2, 0.25) is 5.69 Å². The Labute approximate surface area is 331 Å². The molecule has 56 heavy (non-hydrogen) atoms. The predicted octanol–water partition coefficient (Wildman–Crippen LogP) is 11.7. The van der Waals surface area contributed by atoms with Crippen molar-refractivity contribution in [1.82, 2.24) is 4.57 Å². The van der Waals surface area contributed by atoms with Crippen molar-refractivity contribution in [2.45, 2.75) is 84.0 Å². The zero-order valence-corrected chi connectivity index (χ0v) is 34.8. The van der Waals surface area contributed by atoms with E-state index in [9.17, 15) is 0 Å². The second-order valence-corrected chi connectivity index (χ2v) is 23.4. The number of aryl methyl sites for hydroxylation is 2. The first-order valence-corrected chi connectivity index (χ1v) is 23.8. The van der Waals surface area contributed by atoms with Crippen molar-refractivity contribution < 1.29 is 13.6 Å². The first-order valence-electron chi connectivity index (χ1n) is 20.3. The maximum atomic E-state index is 6.97. The van der Waals surface area contributed by atoms with E-state index in [0.717, 1.165) is 75.0 Å². The van der Waals surface area contributed by atoms with Gasteiger partial charge in [-0.05, 0) is 83.8 Å². The van der Waals surface area contributed by atoms with Crippen molar-refractivity contribution >= 4 is 51.9 Å². The second-order valence-electron chi connectivity index (χ2n) is 18.3. The fourth-order valence-electron chi connectivity index (χ4n) is 10.0. The number of benzene rings is 5. The third-order valence-corrected chi connectivity index (χ3v) is 14.9. The summed E-state index contributed by atoms with van der Waals surface area (Å²) >= 11 is 0. The quantitative estimate of drug-likeness (QED) is 0.128. The van der Waals surface area contributed by atoms with E-state index in [1.807, 2.05) is 0 Å². The van der Waals surface area contributed by atoms with E-state index < -0.39 is 8.07 Å². The smallest absolute Gasteiger partial charge is 0.304 e. The number of para-hydroxylation sites is 3. The lowest BCUT2D eigenvalue weighted by atomic mass is 9.77. The lowest BCUT2D eigenvalue weighted by molar-refractivity contribution is -0.716. The zero-order chi connectivity index (χ0) is 38.7. The van der Waals surface area contributed by atoms with Crippen LogP contribution in [-0.4, -0.2) is 12.6 Å². The lowest BCUT2D eigenvalue weighted by Crippen LogP contribution is -2.53. The summed E-state index contributed by atoms with van der Waals surface area (Å²) in [6.45, 7) is 21.6. The molecule has 0 amide bonds. The Balaban J connectivity index is 1.29. The second kappa shape index (κ2) is 12.5. The Bertz CT molecular complexity index is 2900. The molecule has 0 radical (unpaired) electrons. The minimum absolute atomic E-state index is 0.0509. The molecule has 3 aromatic heterocycles. The van der Waals surface area contributed by atoms with Crippen LogP contribution in [0.5, 0.6) is 0 Å². The highest BCUT2D eigenvalue weighted by atomic mass is 28.3. The highest BCUT2D eigenvalue weighted by Gasteiger charge is 2.44. The Morgan fingerprint density at radius 1 is 0.821 bits per heavy atom. The van der Waals surface area contributed by atoms with Gasteiger partial charge in [0.15, 0.2) is 28.9 Å². The Kier molecular flexibility index (Phi) is 7.79. The van der Waals surface area contributed by atoms with Gasteiger partial charge >= 0.3 is 5.82 Å². The number of pyridine rings is 1. The first kappa shape index (κ1) is 34.9. The van der Waals surface area contributed by atoms with Crippen molar-refractivity contribution in [2.75, 3.05) is 0 Å². The van der Waals surface area contributed by atoms with Gasteiger partial charge in [-0.2, -0.15) is 13.7 Å². The van der Waals surface area contributed by atoms with Gasteiger partial charge in [0.1, 0.15) is 22.5 Å². The maximum absolute atomic E-state index is 6.97. The van der Waals surface area contributed by atoms with E-state index in [4.69, 9.17) is 11.0 Å². The fourth-order valence-corrected chi connectivity index (χ4v) is 11.8. The third-order valence-electron chi connectivity index (χ3n) is 12.7. The van der Waals surface area contributed by atoms with Crippen molar-refractivity contribution in [3.05, 3.63) is 150 Å². The average Bonchev–Trinajstić information content (AvgIpc) is 3.72. The number of rotatable bonds is 2. The molecule has 5 heteroatoms. The number of allylic oxidation sites excluding steroid dienone is 1. The highest BCUT2D eigenvalue weighted by Crippen LogP contribution is 2.47. The van der Waals surface area contributed by atoms with Crippen LogP contribution < -0.4 is 14.3 Å². The molecule has 278 valence electrons. The standard InChI is InChI=1S/C51H51N3OSi/c1-32-29-44-38-16-10-9-15-37(38)39-27-21-34-22-28-41-40-17-11-14-20-46(40)55-49(41)48(34)50-53(33(2)30-45(39)52(44)31-47(32)56(6,7)8)42-18-12-13-19-43(42)54(50)36-25-23-35(24-26-36)51(3,4)5/h9-20,22-26,28-29,31,39,45H,2,21,27,30H2,1,3-8H3/q+2. The molecular formula is C51H51N3OSi+2. The molecule has 4 nitrogen and oxygen atoms in total. The topological polar surface area (TPSA) is 25.8 Å². The van der Waals surface area contributed by atoms with Gasteiger partial charge in [-0.15, -0.1) is 0 Å². The molecule has 0 bridgehead atoms. The number of hydrogen-bond donors (Lipinski definition) is 0. The lowest BCUT2D eigenvalue weighted by Gasteiger charge is -2.33. The maximum Gasteiger partial charge on any atom is 0.304 e. The van der Waals surface area contributed by atoms with E-state index in [0.29, 0.717) is 5.92 Å². The molecule has 2 aliphatic rings. The summed E-state index contributed by atoms with van der Waals surface area (Å²) in [6.07, 6.45) is 5.28. The van der Waals surface area contributed by atoms with Crippen LogP contribution in [-0.2, 0) is 11.8 Å². The van der Waals surface area contributed by atoms with E-state index in [1.165, 1.54) is 38.7 Å². The van der Waals surface area contributed by atoms with Crippen molar-refractivity contribution in [3.8, 4) is 28.3 Å². The summed E-state index contributed by atoms with van der Waals surface area (Å²) in [5, 5.41) is 3.82. The Hall–Kier alpha value is -5.52. The van der Waals surface area contributed by atoms with Gasteiger partial charge in [0.05, 0.1) is 14.5 Å². The minimum atomic E-state index is -1.64. The number of furan rings is 1. The monoisotopic (exact) mass is 749 g/mol. The SMILES string of the molecule is C=C1CC2C(CCc3ccc4c(oc5ccccc54)c3-c3n1c1ccccc1[n+]3-c1ccc(C(C)(C)C)cc1)c1ccccc1-c1cc(C)c([Si](C)(C)C)c[n+]12. The molecule has 2 aliphatic heterocycles. The summed E-state index contributed by atoms with van der Waals surface area (Å²) in [7, 11) is -1.64. The molecule has 2 atom stereocenters. The molecule has 0 spiro atoms. The molecule has 5 heterocycles. The van der Waals surface area contributed by atoms with Gasteiger partial charge < -0.3 is 4.42 Å². The van der Waals surface area contributed by atoms with E-state index in [2.05, 4.69) is 182 Å². The van der Waals surface area contributed by atoms with Crippen LogP contribution in [0.25, 0.3) is 67.0 Å². The molecule has 8 aromatic rings. The first-order chi connectivity index (χ1) is 26.9. The molecule has 0 fully saturated rings. The van der Waals surface area contributed by atoms with Gasteiger partial charge in [0.25, 0.3) is 0 Å². The Morgan fingerprint density at radius 2 is 1.55 bits per heavy atom. The summed E-state index contributed by atoms with van der Waals surface area (Å²) in [5.74, 6) is 1.41. The molecule has 5 aromatic carbocycles. The van der Waals surface area contributed by atoms with Crippen LogP contribution in [0.2, 0.25) is 19.6 Å². The molecule has 0 saturated heterocycles. The van der Waals surface area contributed by atoms with Crippen LogP contribution in [0, 0.1) is 6.92 Å². The molecule has 2 unspecified atom stereocenters. The minimum Gasteiger partial charge on any atom is -0.455 e. The van der Waals surface area contributed by atoms with E-state index >= 15 is 0 Å². The van der Waals surface area contributed by atoms with Gasteiger partial charge in [-0.25, -0.2) is 0 Å². The number of hydrogen-bond acceptors (Lipinski definition) is 1. The van der Waals surface area contributed by atoms with Crippen LogP contribution in [0.1, 0.15) is 67.8 Å². The molecular weight excluding hydrogens is 699 g/mol. The third kappa shape index (κ3) is 5.31. The zero-order valence-electron chi connectivity index (χ0n) is 33.8. The number of aromatic nitrogens is 3.